The number of benzene rings is 1. The molecule has 0 aliphatic carbocycles. The van der Waals surface area contributed by atoms with E-state index in [1.54, 1.807) is 14.2 Å². The summed E-state index contributed by atoms with van der Waals surface area (Å²) in [5.41, 5.74) is 1.01. The molecule has 0 saturated heterocycles. The summed E-state index contributed by atoms with van der Waals surface area (Å²) in [6.07, 6.45) is 0.810. The molecule has 19 heavy (non-hydrogen) atoms. The van der Waals surface area contributed by atoms with Crippen LogP contribution in [0.2, 0.25) is 0 Å². The first kappa shape index (κ1) is 15.3. The lowest BCUT2D eigenvalue weighted by Gasteiger charge is -2.16. The highest BCUT2D eigenvalue weighted by molar-refractivity contribution is 5.82. The largest absolute Gasteiger partial charge is 0.493 e. The van der Waals surface area contributed by atoms with Gasteiger partial charge in [-0.15, -0.1) is 0 Å². The van der Waals surface area contributed by atoms with Crippen LogP contribution in [0.4, 0.5) is 0 Å². The normalized spacial score (nSPS) is 11.8. The van der Waals surface area contributed by atoms with Crippen molar-refractivity contribution < 1.29 is 19.0 Å². The zero-order valence-corrected chi connectivity index (χ0v) is 12.3. The lowest BCUT2D eigenvalue weighted by Crippen LogP contribution is -2.19. The maximum Gasteiger partial charge on any atom is 0.203 e. The van der Waals surface area contributed by atoms with Crippen molar-refractivity contribution in [1.82, 2.24) is 0 Å². The second-order valence-corrected chi connectivity index (χ2v) is 4.56. The molecule has 106 valence electrons. The Morgan fingerprint density at radius 2 is 1.74 bits per heavy atom. The lowest BCUT2D eigenvalue weighted by molar-refractivity contribution is -0.124. The van der Waals surface area contributed by atoms with Crippen LogP contribution in [-0.4, -0.2) is 26.6 Å². The van der Waals surface area contributed by atoms with Gasteiger partial charge in [0.15, 0.2) is 17.3 Å². The van der Waals surface area contributed by atoms with E-state index in [0.29, 0.717) is 17.2 Å². The number of rotatable bonds is 7. The van der Waals surface area contributed by atoms with Crippen molar-refractivity contribution in [1.29, 1.82) is 0 Å². The molecular weight excluding hydrogens is 244 g/mol. The standard InChI is InChI=1S/C15H22O4/c1-6-11(3)12(16)9-19-15-13(17-4)7-10(2)8-14(15)18-5/h7-8,11H,6,9H2,1-5H3. The molecule has 0 bridgehead atoms. The Labute approximate surface area is 114 Å². The summed E-state index contributed by atoms with van der Waals surface area (Å²) in [7, 11) is 3.13. The van der Waals surface area contributed by atoms with Gasteiger partial charge < -0.3 is 14.2 Å². The predicted molar refractivity (Wildman–Crippen MR) is 74.2 cm³/mol. The van der Waals surface area contributed by atoms with Crippen LogP contribution in [0.15, 0.2) is 12.1 Å². The highest BCUT2D eigenvalue weighted by Gasteiger charge is 2.16. The average Bonchev–Trinajstić information content (AvgIpc) is 2.43. The van der Waals surface area contributed by atoms with E-state index in [1.165, 1.54) is 0 Å². The molecule has 0 N–H and O–H groups in total. The van der Waals surface area contributed by atoms with Gasteiger partial charge in [-0.25, -0.2) is 0 Å². The monoisotopic (exact) mass is 266 g/mol. The minimum atomic E-state index is 0.00226. The van der Waals surface area contributed by atoms with Gasteiger partial charge in [-0.05, 0) is 31.0 Å². The van der Waals surface area contributed by atoms with Crippen LogP contribution in [0.25, 0.3) is 0 Å². The Morgan fingerprint density at radius 1 is 1.21 bits per heavy atom. The van der Waals surface area contributed by atoms with Crippen molar-refractivity contribution in [2.45, 2.75) is 27.2 Å². The molecule has 1 aromatic carbocycles. The topological polar surface area (TPSA) is 44.8 Å². The smallest absolute Gasteiger partial charge is 0.203 e. The van der Waals surface area contributed by atoms with Crippen LogP contribution in [0.5, 0.6) is 17.2 Å². The van der Waals surface area contributed by atoms with E-state index in [0.717, 1.165) is 12.0 Å². The van der Waals surface area contributed by atoms with Gasteiger partial charge >= 0.3 is 0 Å². The molecule has 0 aliphatic rings. The van der Waals surface area contributed by atoms with Gasteiger partial charge in [-0.3, -0.25) is 4.79 Å². The SMILES string of the molecule is CCC(C)C(=O)COc1c(OC)cc(C)cc1OC. The van der Waals surface area contributed by atoms with Crippen molar-refractivity contribution in [3.8, 4) is 17.2 Å². The first-order valence-electron chi connectivity index (χ1n) is 6.41. The highest BCUT2D eigenvalue weighted by Crippen LogP contribution is 2.38. The maximum absolute atomic E-state index is 11.8. The second-order valence-electron chi connectivity index (χ2n) is 4.56. The number of Topliss-reactive ketones (excluding diaryl/α,β-unsaturated/α-hetero) is 1. The Balaban J connectivity index is 2.90. The highest BCUT2D eigenvalue weighted by atomic mass is 16.5. The third kappa shape index (κ3) is 3.88. The molecule has 0 aliphatic heterocycles. The van der Waals surface area contributed by atoms with E-state index in [4.69, 9.17) is 14.2 Å². The number of carbonyl (C=O) groups is 1. The second kappa shape index (κ2) is 7.02. The Kier molecular flexibility index (Phi) is 5.67. The summed E-state index contributed by atoms with van der Waals surface area (Å²) in [4.78, 5) is 11.8. The van der Waals surface area contributed by atoms with Crippen molar-refractivity contribution in [3.63, 3.8) is 0 Å². The van der Waals surface area contributed by atoms with Crippen LogP contribution in [0.1, 0.15) is 25.8 Å². The van der Waals surface area contributed by atoms with Gasteiger partial charge in [-0.1, -0.05) is 13.8 Å². The zero-order valence-electron chi connectivity index (χ0n) is 12.3. The Hall–Kier alpha value is -1.71. The van der Waals surface area contributed by atoms with Crippen molar-refractivity contribution >= 4 is 5.78 Å². The number of aryl methyl sites for hydroxylation is 1. The third-order valence-corrected chi connectivity index (χ3v) is 3.13. The first-order chi connectivity index (χ1) is 9.03. The molecule has 0 saturated carbocycles. The fraction of sp³-hybridized carbons (Fsp3) is 0.533. The Morgan fingerprint density at radius 3 is 2.16 bits per heavy atom. The predicted octanol–water partition coefficient (Wildman–Crippen LogP) is 3.01. The molecule has 0 heterocycles. The summed E-state index contributed by atoms with van der Waals surface area (Å²) in [6, 6.07) is 3.71. The minimum Gasteiger partial charge on any atom is -0.493 e. The van der Waals surface area contributed by atoms with Gasteiger partial charge in [0.25, 0.3) is 0 Å². The number of hydrogen-bond acceptors (Lipinski definition) is 4. The first-order valence-corrected chi connectivity index (χ1v) is 6.41. The quantitative estimate of drug-likeness (QED) is 0.761. The number of carbonyl (C=O) groups excluding carboxylic acids is 1. The molecule has 0 spiro atoms. The van der Waals surface area contributed by atoms with E-state index in [2.05, 4.69) is 0 Å². The summed E-state index contributed by atoms with van der Waals surface area (Å²) < 4.78 is 16.1. The molecular formula is C15H22O4. The molecule has 0 amide bonds. The van der Waals surface area contributed by atoms with E-state index >= 15 is 0 Å². The average molecular weight is 266 g/mol. The minimum absolute atomic E-state index is 0.00226. The van der Waals surface area contributed by atoms with Crippen LogP contribution in [0, 0.1) is 12.8 Å². The van der Waals surface area contributed by atoms with E-state index < -0.39 is 0 Å². The Bertz CT molecular complexity index is 415. The van der Waals surface area contributed by atoms with Crippen molar-refractivity contribution in [2.75, 3.05) is 20.8 Å². The molecule has 1 rings (SSSR count). The summed E-state index contributed by atoms with van der Waals surface area (Å²) in [6.45, 7) is 5.86. The van der Waals surface area contributed by atoms with Gasteiger partial charge in [0.05, 0.1) is 14.2 Å². The van der Waals surface area contributed by atoms with E-state index in [-0.39, 0.29) is 18.3 Å². The lowest BCUT2D eigenvalue weighted by atomic mass is 10.0. The zero-order chi connectivity index (χ0) is 14.4. The fourth-order valence-electron chi connectivity index (χ4n) is 1.67. The summed E-state index contributed by atoms with van der Waals surface area (Å²) in [5.74, 6) is 1.71. The molecule has 1 aromatic rings. The van der Waals surface area contributed by atoms with Crippen molar-refractivity contribution in [2.24, 2.45) is 5.92 Å². The van der Waals surface area contributed by atoms with Gasteiger partial charge in [-0.2, -0.15) is 0 Å². The number of ether oxygens (including phenoxy) is 3. The maximum atomic E-state index is 11.8. The summed E-state index contributed by atoms with van der Waals surface area (Å²) >= 11 is 0. The van der Waals surface area contributed by atoms with E-state index in [9.17, 15) is 4.79 Å². The third-order valence-electron chi connectivity index (χ3n) is 3.13. The molecule has 0 aromatic heterocycles. The van der Waals surface area contributed by atoms with E-state index in [1.807, 2.05) is 32.9 Å². The molecule has 4 heteroatoms. The van der Waals surface area contributed by atoms with Crippen LogP contribution in [0.3, 0.4) is 0 Å². The van der Waals surface area contributed by atoms with Crippen LogP contribution in [-0.2, 0) is 4.79 Å². The molecule has 1 atom stereocenters. The van der Waals surface area contributed by atoms with Crippen LogP contribution >= 0.6 is 0 Å². The molecule has 0 fully saturated rings. The van der Waals surface area contributed by atoms with Crippen LogP contribution < -0.4 is 14.2 Å². The van der Waals surface area contributed by atoms with Gasteiger partial charge in [0.2, 0.25) is 5.75 Å². The number of hydrogen-bond donors (Lipinski definition) is 0. The fourth-order valence-corrected chi connectivity index (χ4v) is 1.67. The van der Waals surface area contributed by atoms with Gasteiger partial charge in [0.1, 0.15) is 6.61 Å². The molecule has 4 nitrogen and oxygen atoms in total. The molecule has 1 unspecified atom stereocenters. The number of methoxy groups -OCH3 is 2. The van der Waals surface area contributed by atoms with Crippen molar-refractivity contribution in [3.05, 3.63) is 17.7 Å². The molecule has 0 radical (unpaired) electrons. The summed E-state index contributed by atoms with van der Waals surface area (Å²) in [5, 5.41) is 0. The van der Waals surface area contributed by atoms with Gasteiger partial charge in [0, 0.05) is 5.92 Å². The number of ketones is 1.